The van der Waals surface area contributed by atoms with Crippen LogP contribution >= 0.6 is 35.0 Å². The number of thioether (sulfide) groups is 1. The van der Waals surface area contributed by atoms with Gasteiger partial charge < -0.3 is 9.30 Å². The van der Waals surface area contributed by atoms with Gasteiger partial charge >= 0.3 is 0 Å². The molecule has 0 aliphatic carbocycles. The van der Waals surface area contributed by atoms with Crippen LogP contribution in [0.1, 0.15) is 23.9 Å². The fourth-order valence-electron chi connectivity index (χ4n) is 2.53. The van der Waals surface area contributed by atoms with E-state index in [-0.39, 0.29) is 0 Å². The lowest BCUT2D eigenvalue weighted by Crippen LogP contribution is -2.07. The van der Waals surface area contributed by atoms with E-state index in [1.54, 1.807) is 11.8 Å². The molecule has 0 amide bonds. The van der Waals surface area contributed by atoms with Gasteiger partial charge in [-0.3, -0.25) is 0 Å². The van der Waals surface area contributed by atoms with Crippen LogP contribution < -0.4 is 4.74 Å². The van der Waals surface area contributed by atoms with Crippen LogP contribution in [0.25, 0.3) is 0 Å². The van der Waals surface area contributed by atoms with Gasteiger partial charge in [0.25, 0.3) is 0 Å². The molecule has 3 rings (SSSR count). The van der Waals surface area contributed by atoms with Gasteiger partial charge in [0, 0.05) is 22.3 Å². The van der Waals surface area contributed by atoms with Crippen LogP contribution in [0.2, 0.25) is 10.0 Å². The first-order valence-corrected chi connectivity index (χ1v) is 10.00. The molecule has 0 unspecified atom stereocenters. The first kappa shape index (κ1) is 19.1. The van der Waals surface area contributed by atoms with E-state index in [9.17, 15) is 0 Å². The molecule has 136 valence electrons. The van der Waals surface area contributed by atoms with Gasteiger partial charge in [-0.1, -0.05) is 53.2 Å². The van der Waals surface area contributed by atoms with E-state index in [4.69, 9.17) is 27.9 Å². The summed E-state index contributed by atoms with van der Waals surface area (Å²) in [4.78, 5) is 0. The number of hydrogen-bond acceptors (Lipinski definition) is 4. The van der Waals surface area contributed by atoms with Gasteiger partial charge in [0.05, 0.1) is 0 Å². The molecule has 0 N–H and O–H groups in total. The van der Waals surface area contributed by atoms with E-state index in [1.807, 2.05) is 49.4 Å². The third-order valence-corrected chi connectivity index (χ3v) is 5.54. The van der Waals surface area contributed by atoms with Gasteiger partial charge in [-0.25, -0.2) is 0 Å². The topological polar surface area (TPSA) is 39.9 Å². The Bertz CT molecular complexity index is 898. The molecule has 0 aliphatic heterocycles. The molecule has 0 fully saturated rings. The Kier molecular flexibility index (Phi) is 6.46. The number of aromatic nitrogens is 3. The Morgan fingerprint density at radius 2 is 1.92 bits per heavy atom. The molecule has 7 heteroatoms. The third kappa shape index (κ3) is 4.53. The summed E-state index contributed by atoms with van der Waals surface area (Å²) in [5, 5.41) is 10.9. The lowest BCUT2D eigenvalue weighted by atomic mass is 10.2. The summed E-state index contributed by atoms with van der Waals surface area (Å²) in [5.74, 6) is 2.34. The minimum absolute atomic E-state index is 0.357. The Labute approximate surface area is 167 Å². The van der Waals surface area contributed by atoms with E-state index >= 15 is 0 Å². The van der Waals surface area contributed by atoms with Gasteiger partial charge in [-0.05, 0) is 49.2 Å². The molecule has 0 aliphatic rings. The zero-order valence-corrected chi connectivity index (χ0v) is 16.9. The lowest BCUT2D eigenvalue weighted by Gasteiger charge is -2.11. The molecule has 0 bridgehead atoms. The molecule has 1 aromatic heterocycles. The van der Waals surface area contributed by atoms with Gasteiger partial charge in [0.1, 0.15) is 12.4 Å². The predicted octanol–water partition coefficient (Wildman–Crippen LogP) is 5.78. The molecule has 0 atom stereocenters. The molecule has 0 radical (unpaired) electrons. The van der Waals surface area contributed by atoms with Crippen molar-refractivity contribution in [3.05, 3.63) is 69.5 Å². The Balaban J connectivity index is 1.68. The highest BCUT2D eigenvalue weighted by Crippen LogP contribution is 2.27. The van der Waals surface area contributed by atoms with Crippen molar-refractivity contribution in [3.8, 4) is 5.75 Å². The van der Waals surface area contributed by atoms with Crippen molar-refractivity contribution in [2.24, 2.45) is 0 Å². The molecule has 0 spiro atoms. The number of benzene rings is 2. The standard InChI is InChI=1S/C19H19Cl2N3OS/c1-3-24-18(11-25-17-9-8-15(20)10-13(17)2)22-23-19(24)26-12-14-6-4-5-7-16(14)21/h4-10H,3,11-12H2,1-2H3. The maximum Gasteiger partial charge on any atom is 0.191 e. The second-order valence-electron chi connectivity index (χ2n) is 5.72. The number of aryl methyl sites for hydroxylation is 1. The summed E-state index contributed by atoms with van der Waals surface area (Å²) in [6, 6.07) is 13.4. The number of nitrogens with zero attached hydrogens (tertiary/aromatic N) is 3. The molecule has 4 nitrogen and oxygen atoms in total. The Morgan fingerprint density at radius 1 is 1.12 bits per heavy atom. The highest BCUT2D eigenvalue weighted by Gasteiger charge is 2.13. The van der Waals surface area contributed by atoms with E-state index in [0.29, 0.717) is 11.6 Å². The average Bonchev–Trinajstić information content (AvgIpc) is 3.02. The van der Waals surface area contributed by atoms with E-state index in [2.05, 4.69) is 21.7 Å². The summed E-state index contributed by atoms with van der Waals surface area (Å²) in [6.45, 7) is 5.17. The molecule has 26 heavy (non-hydrogen) atoms. The van der Waals surface area contributed by atoms with Crippen LogP contribution in [-0.4, -0.2) is 14.8 Å². The molecule has 3 aromatic rings. The van der Waals surface area contributed by atoms with Crippen LogP contribution in [0, 0.1) is 6.92 Å². The van der Waals surface area contributed by atoms with Crippen LogP contribution in [0.5, 0.6) is 5.75 Å². The van der Waals surface area contributed by atoms with Crippen molar-refractivity contribution in [1.29, 1.82) is 0 Å². The van der Waals surface area contributed by atoms with E-state index in [1.165, 1.54) is 0 Å². The van der Waals surface area contributed by atoms with Crippen LogP contribution in [-0.2, 0) is 18.9 Å². The highest BCUT2D eigenvalue weighted by atomic mass is 35.5. The van der Waals surface area contributed by atoms with Crippen molar-refractivity contribution in [1.82, 2.24) is 14.8 Å². The highest BCUT2D eigenvalue weighted by molar-refractivity contribution is 7.98. The number of halogens is 2. The van der Waals surface area contributed by atoms with Crippen molar-refractivity contribution < 1.29 is 4.74 Å². The molecule has 0 saturated heterocycles. The van der Waals surface area contributed by atoms with Gasteiger partial charge in [0.15, 0.2) is 11.0 Å². The Hall–Kier alpha value is -1.69. The molecular formula is C19H19Cl2N3OS. The van der Waals surface area contributed by atoms with Crippen molar-refractivity contribution in [2.75, 3.05) is 0 Å². The zero-order valence-electron chi connectivity index (χ0n) is 14.6. The quantitative estimate of drug-likeness (QED) is 0.465. The van der Waals surface area contributed by atoms with Crippen LogP contribution in [0.15, 0.2) is 47.6 Å². The molecular weight excluding hydrogens is 389 g/mol. The van der Waals surface area contributed by atoms with Crippen molar-refractivity contribution in [2.45, 2.75) is 37.9 Å². The minimum Gasteiger partial charge on any atom is -0.485 e. The fraction of sp³-hybridized carbons (Fsp3) is 0.263. The van der Waals surface area contributed by atoms with Gasteiger partial charge in [-0.15, -0.1) is 10.2 Å². The second kappa shape index (κ2) is 8.80. The zero-order chi connectivity index (χ0) is 18.5. The van der Waals surface area contributed by atoms with E-state index < -0.39 is 0 Å². The predicted molar refractivity (Wildman–Crippen MR) is 107 cm³/mol. The summed E-state index contributed by atoms with van der Waals surface area (Å²) >= 11 is 13.8. The number of rotatable bonds is 7. The minimum atomic E-state index is 0.357. The van der Waals surface area contributed by atoms with Gasteiger partial charge in [-0.2, -0.15) is 0 Å². The summed E-state index contributed by atoms with van der Waals surface area (Å²) in [6.07, 6.45) is 0. The summed E-state index contributed by atoms with van der Waals surface area (Å²) < 4.78 is 7.97. The monoisotopic (exact) mass is 407 g/mol. The van der Waals surface area contributed by atoms with Crippen molar-refractivity contribution >= 4 is 35.0 Å². The normalized spacial score (nSPS) is 10.9. The maximum absolute atomic E-state index is 6.23. The second-order valence-corrected chi connectivity index (χ2v) is 7.51. The lowest BCUT2D eigenvalue weighted by molar-refractivity contribution is 0.286. The third-order valence-electron chi connectivity index (χ3n) is 3.92. The summed E-state index contributed by atoms with van der Waals surface area (Å²) in [5.41, 5.74) is 2.08. The Morgan fingerprint density at radius 3 is 2.65 bits per heavy atom. The SMILES string of the molecule is CCn1c(COc2ccc(Cl)cc2C)nnc1SCc1ccccc1Cl. The largest absolute Gasteiger partial charge is 0.485 e. The average molecular weight is 408 g/mol. The van der Waals surface area contributed by atoms with Crippen molar-refractivity contribution in [3.63, 3.8) is 0 Å². The van der Waals surface area contributed by atoms with E-state index in [0.717, 1.165) is 45.2 Å². The first-order chi connectivity index (χ1) is 12.6. The smallest absolute Gasteiger partial charge is 0.191 e. The summed E-state index contributed by atoms with van der Waals surface area (Å²) in [7, 11) is 0. The molecule has 2 aromatic carbocycles. The fourth-order valence-corrected chi connectivity index (χ4v) is 4.06. The number of hydrogen-bond donors (Lipinski definition) is 0. The molecule has 1 heterocycles. The van der Waals surface area contributed by atoms with Crippen LogP contribution in [0.4, 0.5) is 0 Å². The van der Waals surface area contributed by atoms with Crippen LogP contribution in [0.3, 0.4) is 0 Å². The molecule has 0 saturated carbocycles. The number of ether oxygens (including phenoxy) is 1. The van der Waals surface area contributed by atoms with Gasteiger partial charge in [0.2, 0.25) is 0 Å². The maximum atomic E-state index is 6.23. The first-order valence-electron chi connectivity index (χ1n) is 8.25.